The Morgan fingerprint density at radius 1 is 1.00 bits per heavy atom. The molecule has 0 spiro atoms. The van der Waals surface area contributed by atoms with Gasteiger partial charge in [-0.25, -0.2) is 4.39 Å². The van der Waals surface area contributed by atoms with Gasteiger partial charge in [-0.2, -0.15) is 0 Å². The van der Waals surface area contributed by atoms with Crippen molar-refractivity contribution in [3.63, 3.8) is 0 Å². The fourth-order valence-electron chi connectivity index (χ4n) is 1.71. The van der Waals surface area contributed by atoms with E-state index in [4.69, 9.17) is 9.47 Å². The fraction of sp³-hybridized carbons (Fsp3) is 0.250. The molecule has 0 saturated carbocycles. The van der Waals surface area contributed by atoms with E-state index >= 15 is 0 Å². The minimum Gasteiger partial charge on any atom is -0.490 e. The van der Waals surface area contributed by atoms with Crippen molar-refractivity contribution in [2.75, 3.05) is 13.2 Å². The molecule has 106 valence electrons. The Morgan fingerprint density at radius 3 is 2.30 bits per heavy atom. The summed E-state index contributed by atoms with van der Waals surface area (Å²) in [4.78, 5) is 0. The zero-order valence-corrected chi connectivity index (χ0v) is 11.3. The lowest BCUT2D eigenvalue weighted by atomic mass is 10.1. The Morgan fingerprint density at radius 2 is 1.65 bits per heavy atom. The van der Waals surface area contributed by atoms with Crippen molar-refractivity contribution >= 4 is 0 Å². The standard InChI is InChI=1S/C16H17FO3/c1-12(18)13-3-2-4-16(11-13)20-10-9-19-15-7-5-14(17)6-8-15/h2-8,11-12,18H,9-10H2,1H3. The minimum absolute atomic E-state index is 0.288. The average molecular weight is 276 g/mol. The SMILES string of the molecule is CC(O)c1cccc(OCCOc2ccc(F)cc2)c1. The van der Waals surface area contributed by atoms with Gasteiger partial charge in [0.15, 0.2) is 0 Å². The normalized spacial score (nSPS) is 11.9. The van der Waals surface area contributed by atoms with E-state index in [1.165, 1.54) is 12.1 Å². The second kappa shape index (κ2) is 6.91. The van der Waals surface area contributed by atoms with E-state index in [-0.39, 0.29) is 5.82 Å². The Balaban J connectivity index is 1.78. The molecule has 0 fully saturated rings. The molecular formula is C16H17FO3. The highest BCUT2D eigenvalue weighted by atomic mass is 19.1. The summed E-state index contributed by atoms with van der Waals surface area (Å²) in [7, 11) is 0. The monoisotopic (exact) mass is 276 g/mol. The first-order chi connectivity index (χ1) is 9.65. The number of aliphatic hydroxyl groups is 1. The van der Waals surface area contributed by atoms with Gasteiger partial charge in [0.1, 0.15) is 30.5 Å². The van der Waals surface area contributed by atoms with Gasteiger partial charge in [0.2, 0.25) is 0 Å². The molecule has 0 saturated heterocycles. The number of aliphatic hydroxyl groups excluding tert-OH is 1. The van der Waals surface area contributed by atoms with Gasteiger partial charge >= 0.3 is 0 Å². The summed E-state index contributed by atoms with van der Waals surface area (Å²) in [5.74, 6) is 1.00. The number of benzene rings is 2. The van der Waals surface area contributed by atoms with Gasteiger partial charge in [-0.15, -0.1) is 0 Å². The van der Waals surface area contributed by atoms with Crippen molar-refractivity contribution in [3.05, 3.63) is 59.9 Å². The predicted octanol–water partition coefficient (Wildman–Crippen LogP) is 3.34. The minimum atomic E-state index is -0.519. The highest BCUT2D eigenvalue weighted by molar-refractivity contribution is 5.29. The highest BCUT2D eigenvalue weighted by Gasteiger charge is 2.02. The molecule has 0 aliphatic rings. The molecule has 2 rings (SSSR count). The number of hydrogen-bond donors (Lipinski definition) is 1. The fourth-order valence-corrected chi connectivity index (χ4v) is 1.71. The summed E-state index contributed by atoms with van der Waals surface area (Å²) in [5, 5.41) is 9.48. The Kier molecular flexibility index (Phi) is 4.96. The molecular weight excluding hydrogens is 259 g/mol. The Hall–Kier alpha value is -2.07. The third kappa shape index (κ3) is 4.24. The molecule has 20 heavy (non-hydrogen) atoms. The molecule has 0 aliphatic heterocycles. The molecule has 4 heteroatoms. The van der Waals surface area contributed by atoms with Crippen LogP contribution in [0.2, 0.25) is 0 Å². The molecule has 0 aromatic heterocycles. The maximum Gasteiger partial charge on any atom is 0.123 e. The second-order valence-corrected chi connectivity index (χ2v) is 4.40. The van der Waals surface area contributed by atoms with E-state index in [9.17, 15) is 9.50 Å². The van der Waals surface area contributed by atoms with E-state index in [0.717, 1.165) is 5.56 Å². The van der Waals surface area contributed by atoms with Crippen LogP contribution in [0.15, 0.2) is 48.5 Å². The highest BCUT2D eigenvalue weighted by Crippen LogP contribution is 2.18. The first-order valence-corrected chi connectivity index (χ1v) is 6.44. The quantitative estimate of drug-likeness (QED) is 0.822. The third-order valence-corrected chi connectivity index (χ3v) is 2.77. The predicted molar refractivity (Wildman–Crippen MR) is 74.5 cm³/mol. The number of halogens is 1. The summed E-state index contributed by atoms with van der Waals surface area (Å²) >= 11 is 0. The van der Waals surface area contributed by atoms with Gasteiger partial charge in [0.25, 0.3) is 0 Å². The molecule has 1 atom stereocenters. The van der Waals surface area contributed by atoms with Crippen LogP contribution in [0.3, 0.4) is 0 Å². The first-order valence-electron chi connectivity index (χ1n) is 6.44. The molecule has 0 radical (unpaired) electrons. The second-order valence-electron chi connectivity index (χ2n) is 4.40. The Labute approximate surface area is 117 Å². The van der Waals surface area contributed by atoms with Crippen LogP contribution in [0.1, 0.15) is 18.6 Å². The summed E-state index contributed by atoms with van der Waals surface area (Å²) < 4.78 is 23.7. The van der Waals surface area contributed by atoms with Crippen LogP contribution in [0, 0.1) is 5.82 Å². The third-order valence-electron chi connectivity index (χ3n) is 2.77. The van der Waals surface area contributed by atoms with Crippen LogP contribution < -0.4 is 9.47 Å². The molecule has 0 amide bonds. The van der Waals surface area contributed by atoms with Crippen molar-refractivity contribution in [2.45, 2.75) is 13.0 Å². The summed E-state index contributed by atoms with van der Waals surface area (Å²) in [6.07, 6.45) is -0.519. The summed E-state index contributed by atoms with van der Waals surface area (Å²) in [5.41, 5.74) is 0.807. The molecule has 2 aromatic rings. The summed E-state index contributed by atoms with van der Waals surface area (Å²) in [6.45, 7) is 2.45. The van der Waals surface area contributed by atoms with Gasteiger partial charge in [-0.3, -0.25) is 0 Å². The van der Waals surface area contributed by atoms with Crippen LogP contribution >= 0.6 is 0 Å². The van der Waals surface area contributed by atoms with Gasteiger partial charge in [0.05, 0.1) is 6.10 Å². The van der Waals surface area contributed by atoms with Crippen molar-refractivity contribution in [2.24, 2.45) is 0 Å². The van der Waals surface area contributed by atoms with E-state index in [1.807, 2.05) is 18.2 Å². The largest absolute Gasteiger partial charge is 0.490 e. The van der Waals surface area contributed by atoms with E-state index in [2.05, 4.69) is 0 Å². The molecule has 0 heterocycles. The van der Waals surface area contributed by atoms with Crippen LogP contribution in [0.25, 0.3) is 0 Å². The van der Waals surface area contributed by atoms with Gasteiger partial charge in [-0.1, -0.05) is 12.1 Å². The molecule has 0 aliphatic carbocycles. The summed E-state index contributed by atoms with van der Waals surface area (Å²) in [6, 6.07) is 13.1. The van der Waals surface area contributed by atoms with Crippen LogP contribution in [-0.2, 0) is 0 Å². The van der Waals surface area contributed by atoms with E-state index in [0.29, 0.717) is 24.7 Å². The van der Waals surface area contributed by atoms with Crippen molar-refractivity contribution < 1.29 is 19.0 Å². The van der Waals surface area contributed by atoms with Gasteiger partial charge < -0.3 is 14.6 Å². The van der Waals surface area contributed by atoms with Crippen LogP contribution in [-0.4, -0.2) is 18.3 Å². The zero-order chi connectivity index (χ0) is 14.4. The molecule has 1 unspecified atom stereocenters. The van der Waals surface area contributed by atoms with Gasteiger partial charge in [-0.05, 0) is 48.9 Å². The maximum atomic E-state index is 12.7. The van der Waals surface area contributed by atoms with Crippen LogP contribution in [0.4, 0.5) is 4.39 Å². The number of hydrogen-bond acceptors (Lipinski definition) is 3. The van der Waals surface area contributed by atoms with Crippen molar-refractivity contribution in [3.8, 4) is 11.5 Å². The van der Waals surface area contributed by atoms with E-state index < -0.39 is 6.10 Å². The number of rotatable bonds is 6. The van der Waals surface area contributed by atoms with Gasteiger partial charge in [0, 0.05) is 0 Å². The van der Waals surface area contributed by atoms with Crippen molar-refractivity contribution in [1.29, 1.82) is 0 Å². The molecule has 2 aromatic carbocycles. The molecule has 1 N–H and O–H groups in total. The Bertz CT molecular complexity index is 538. The lowest BCUT2D eigenvalue weighted by Gasteiger charge is -2.10. The number of ether oxygens (including phenoxy) is 2. The smallest absolute Gasteiger partial charge is 0.123 e. The lowest BCUT2D eigenvalue weighted by Crippen LogP contribution is -2.09. The lowest BCUT2D eigenvalue weighted by molar-refractivity contribution is 0.196. The maximum absolute atomic E-state index is 12.7. The molecule has 3 nitrogen and oxygen atoms in total. The zero-order valence-electron chi connectivity index (χ0n) is 11.3. The molecule has 0 bridgehead atoms. The topological polar surface area (TPSA) is 38.7 Å². The van der Waals surface area contributed by atoms with E-state index in [1.54, 1.807) is 25.1 Å². The van der Waals surface area contributed by atoms with Crippen molar-refractivity contribution in [1.82, 2.24) is 0 Å². The van der Waals surface area contributed by atoms with Crippen LogP contribution in [0.5, 0.6) is 11.5 Å². The average Bonchev–Trinajstić information content (AvgIpc) is 2.46. The first kappa shape index (κ1) is 14.3.